The molecule has 0 aliphatic heterocycles. The summed E-state index contributed by atoms with van der Waals surface area (Å²) in [7, 11) is -3.51. The van der Waals surface area contributed by atoms with Crippen LogP contribution in [-0.4, -0.2) is 27.4 Å². The molecule has 0 saturated heterocycles. The number of unbranched alkanes of at least 4 members (excludes halogenated alkanes) is 1. The molecule has 1 rings (SSSR count). The van der Waals surface area contributed by atoms with E-state index in [1.807, 2.05) is 6.92 Å². The Morgan fingerprint density at radius 1 is 1.30 bits per heavy atom. The maximum Gasteiger partial charge on any atom is 0.252 e. The molecule has 5 nitrogen and oxygen atoms in total. The van der Waals surface area contributed by atoms with Crippen LogP contribution >= 0.6 is 0 Å². The van der Waals surface area contributed by atoms with Gasteiger partial charge in [-0.2, -0.15) is 0 Å². The van der Waals surface area contributed by atoms with Crippen molar-refractivity contribution in [1.82, 2.24) is 10.0 Å². The third-order valence-electron chi connectivity index (χ3n) is 2.60. The second-order valence-corrected chi connectivity index (χ2v) is 5.93. The molecule has 0 aliphatic rings. The largest absolute Gasteiger partial charge is 0.341 e. The van der Waals surface area contributed by atoms with Gasteiger partial charge in [-0.05, 0) is 30.7 Å². The SMILES string of the molecule is C#CCNC(=O)c1ccc(S(=O)(=O)NCCCC)cc1. The number of carbonyl (C=O) groups excluding carboxylic acids is 1. The molecule has 2 N–H and O–H groups in total. The summed E-state index contributed by atoms with van der Waals surface area (Å²) in [5.41, 5.74) is 0.368. The lowest BCUT2D eigenvalue weighted by molar-refractivity contribution is 0.0958. The average molecular weight is 294 g/mol. The molecule has 20 heavy (non-hydrogen) atoms. The maximum atomic E-state index is 11.9. The number of carbonyl (C=O) groups is 1. The van der Waals surface area contributed by atoms with Crippen molar-refractivity contribution in [2.45, 2.75) is 24.7 Å². The lowest BCUT2D eigenvalue weighted by Crippen LogP contribution is -2.25. The molecule has 0 heterocycles. The Morgan fingerprint density at radius 3 is 2.50 bits per heavy atom. The van der Waals surface area contributed by atoms with Gasteiger partial charge in [0.15, 0.2) is 0 Å². The molecule has 6 heteroatoms. The minimum Gasteiger partial charge on any atom is -0.341 e. The first-order valence-corrected chi connectivity index (χ1v) is 7.81. The van der Waals surface area contributed by atoms with Crippen LogP contribution in [0.25, 0.3) is 0 Å². The van der Waals surface area contributed by atoms with Crippen LogP contribution in [0.4, 0.5) is 0 Å². The van der Waals surface area contributed by atoms with Crippen molar-refractivity contribution in [3.63, 3.8) is 0 Å². The zero-order valence-corrected chi connectivity index (χ0v) is 12.2. The van der Waals surface area contributed by atoms with Crippen LogP contribution in [-0.2, 0) is 10.0 Å². The molecule has 0 aliphatic carbocycles. The molecular formula is C14H18N2O3S. The maximum absolute atomic E-state index is 11.9. The van der Waals surface area contributed by atoms with Crippen molar-refractivity contribution in [2.24, 2.45) is 0 Å². The van der Waals surface area contributed by atoms with Crippen molar-refractivity contribution >= 4 is 15.9 Å². The fourth-order valence-electron chi connectivity index (χ4n) is 1.49. The quantitative estimate of drug-likeness (QED) is 0.584. The minimum absolute atomic E-state index is 0.136. The van der Waals surface area contributed by atoms with Gasteiger partial charge in [-0.3, -0.25) is 4.79 Å². The van der Waals surface area contributed by atoms with Crippen LogP contribution in [0.5, 0.6) is 0 Å². The number of amides is 1. The lowest BCUT2D eigenvalue weighted by Gasteiger charge is -2.07. The summed E-state index contributed by atoms with van der Waals surface area (Å²) in [5.74, 6) is 1.97. The topological polar surface area (TPSA) is 75.3 Å². The molecule has 0 fully saturated rings. The third-order valence-corrected chi connectivity index (χ3v) is 4.08. The van der Waals surface area contributed by atoms with Gasteiger partial charge in [0.2, 0.25) is 10.0 Å². The first-order chi connectivity index (χ1) is 9.51. The fourth-order valence-corrected chi connectivity index (χ4v) is 2.56. The molecule has 0 atom stereocenters. The van der Waals surface area contributed by atoms with Gasteiger partial charge in [0.05, 0.1) is 11.4 Å². The Balaban J connectivity index is 2.75. The van der Waals surface area contributed by atoms with Crippen molar-refractivity contribution in [3.05, 3.63) is 29.8 Å². The van der Waals surface area contributed by atoms with E-state index in [0.29, 0.717) is 12.1 Å². The lowest BCUT2D eigenvalue weighted by atomic mass is 10.2. The van der Waals surface area contributed by atoms with Gasteiger partial charge in [0, 0.05) is 12.1 Å². The van der Waals surface area contributed by atoms with Gasteiger partial charge in [0.1, 0.15) is 0 Å². The summed E-state index contributed by atoms with van der Waals surface area (Å²) in [6.45, 7) is 2.53. The molecule has 0 aromatic heterocycles. The van der Waals surface area contributed by atoms with E-state index in [1.54, 1.807) is 0 Å². The van der Waals surface area contributed by atoms with Gasteiger partial charge in [-0.15, -0.1) is 6.42 Å². The Kier molecular flexibility index (Phi) is 6.22. The molecule has 0 saturated carbocycles. The minimum atomic E-state index is -3.51. The van der Waals surface area contributed by atoms with E-state index < -0.39 is 10.0 Å². The summed E-state index contributed by atoms with van der Waals surface area (Å²) in [6.07, 6.45) is 6.74. The van der Waals surface area contributed by atoms with Crippen LogP contribution in [0, 0.1) is 12.3 Å². The van der Waals surface area contributed by atoms with Gasteiger partial charge < -0.3 is 5.32 Å². The van der Waals surface area contributed by atoms with E-state index in [0.717, 1.165) is 12.8 Å². The molecule has 108 valence electrons. The third kappa shape index (κ3) is 4.68. The first kappa shape index (κ1) is 16.2. The Hall–Kier alpha value is -1.84. The van der Waals surface area contributed by atoms with E-state index in [-0.39, 0.29) is 17.3 Å². The van der Waals surface area contributed by atoms with Crippen molar-refractivity contribution in [3.8, 4) is 12.3 Å². The predicted octanol–water partition coefficient (Wildman–Crippen LogP) is 1.13. The Labute approximate surface area is 119 Å². The molecule has 1 aromatic carbocycles. The highest BCUT2D eigenvalue weighted by Crippen LogP contribution is 2.10. The molecule has 1 amide bonds. The van der Waals surface area contributed by atoms with E-state index in [2.05, 4.69) is 16.0 Å². The molecule has 0 unspecified atom stereocenters. The smallest absolute Gasteiger partial charge is 0.252 e. The molecule has 0 radical (unpaired) electrons. The highest BCUT2D eigenvalue weighted by Gasteiger charge is 2.13. The van der Waals surface area contributed by atoms with Crippen molar-refractivity contribution < 1.29 is 13.2 Å². The summed E-state index contributed by atoms with van der Waals surface area (Å²) in [5, 5.41) is 2.51. The summed E-state index contributed by atoms with van der Waals surface area (Å²) >= 11 is 0. The van der Waals surface area contributed by atoms with Gasteiger partial charge in [0.25, 0.3) is 5.91 Å². The molecule has 1 aromatic rings. The van der Waals surface area contributed by atoms with Crippen LogP contribution in [0.2, 0.25) is 0 Å². The van der Waals surface area contributed by atoms with Gasteiger partial charge >= 0.3 is 0 Å². The average Bonchev–Trinajstić information content (AvgIpc) is 2.45. The molecular weight excluding hydrogens is 276 g/mol. The van der Waals surface area contributed by atoms with E-state index in [4.69, 9.17) is 6.42 Å². The number of hydrogen-bond acceptors (Lipinski definition) is 3. The van der Waals surface area contributed by atoms with Crippen molar-refractivity contribution in [2.75, 3.05) is 13.1 Å². The van der Waals surface area contributed by atoms with Gasteiger partial charge in [-0.1, -0.05) is 19.3 Å². The van der Waals surface area contributed by atoms with Crippen LogP contribution < -0.4 is 10.0 Å². The van der Waals surface area contributed by atoms with Crippen LogP contribution in [0.3, 0.4) is 0 Å². The van der Waals surface area contributed by atoms with E-state index >= 15 is 0 Å². The number of nitrogens with one attached hydrogen (secondary N) is 2. The molecule has 0 bridgehead atoms. The van der Waals surface area contributed by atoms with Crippen LogP contribution in [0.15, 0.2) is 29.2 Å². The Bertz CT molecular complexity index is 586. The number of terminal acetylenes is 1. The fraction of sp³-hybridized carbons (Fsp3) is 0.357. The number of benzene rings is 1. The molecule has 0 spiro atoms. The number of sulfonamides is 1. The first-order valence-electron chi connectivity index (χ1n) is 6.32. The second kappa shape index (κ2) is 7.68. The zero-order valence-electron chi connectivity index (χ0n) is 11.3. The standard InChI is InChI=1S/C14H18N2O3S/c1-3-5-11-16-20(18,19)13-8-6-12(7-9-13)14(17)15-10-4-2/h2,6-9,16H,3,5,10-11H2,1H3,(H,15,17). The van der Waals surface area contributed by atoms with Gasteiger partial charge in [-0.25, -0.2) is 13.1 Å². The van der Waals surface area contributed by atoms with Crippen LogP contribution in [0.1, 0.15) is 30.1 Å². The number of rotatable bonds is 7. The summed E-state index contributed by atoms with van der Waals surface area (Å²) in [4.78, 5) is 11.7. The Morgan fingerprint density at radius 2 is 1.95 bits per heavy atom. The second-order valence-electron chi connectivity index (χ2n) is 4.16. The monoisotopic (exact) mass is 294 g/mol. The van der Waals surface area contributed by atoms with E-state index in [1.165, 1.54) is 24.3 Å². The highest BCUT2D eigenvalue weighted by molar-refractivity contribution is 7.89. The number of hydrogen-bond donors (Lipinski definition) is 2. The normalized spacial score (nSPS) is 10.8. The van der Waals surface area contributed by atoms with Crippen molar-refractivity contribution in [1.29, 1.82) is 0 Å². The predicted molar refractivity (Wildman–Crippen MR) is 77.7 cm³/mol. The summed E-state index contributed by atoms with van der Waals surface area (Å²) < 4.78 is 26.3. The zero-order chi connectivity index (χ0) is 15.0. The van der Waals surface area contributed by atoms with E-state index in [9.17, 15) is 13.2 Å². The summed E-state index contributed by atoms with van der Waals surface area (Å²) in [6, 6.07) is 5.72. The highest BCUT2D eigenvalue weighted by atomic mass is 32.2.